The number of carbonyl (C=O) groups excluding carboxylic acids is 5. The lowest BCUT2D eigenvalue weighted by atomic mass is 9.83. The van der Waals surface area contributed by atoms with Crippen LogP contribution in [0.2, 0.25) is 0 Å². The van der Waals surface area contributed by atoms with Gasteiger partial charge >= 0.3 is 6.03 Å². The predicted molar refractivity (Wildman–Crippen MR) is 167 cm³/mol. The topological polar surface area (TPSA) is 137 Å². The molecular weight excluding hydrogens is 558 g/mol. The molecule has 0 spiro atoms. The molecule has 0 aromatic carbocycles. The summed E-state index contributed by atoms with van der Waals surface area (Å²) in [5.41, 5.74) is -0.115. The fraction of sp³-hybridized carbons (Fsp3) is 0.794. The number of hydrogen-bond acceptors (Lipinski definition) is 5. The zero-order chi connectivity index (χ0) is 31.6. The molecule has 5 amide bonds. The van der Waals surface area contributed by atoms with Crippen LogP contribution in [0.3, 0.4) is 0 Å². The van der Waals surface area contributed by atoms with Crippen LogP contribution >= 0.6 is 0 Å². The standard InChI is InChI=1S/C34H53N5O5/c1-5-7-13-24(29(40)31(42)35-16-6-2)36-30(41)28-26-23(34(26,3)4)19-39(28)32(43)27(21-11-9-8-10-12-21)38-33(44)37-25-18-20-14-15-22(25)17-20/h6,20-28H,2,5,7-19H2,1,3-4H3,(H,35,42)(H,36,41)(H2,37,38,44)/t20?,22?,23-,24?,25?,26-,27-,28-/m0/s1. The SMILES string of the molecule is C=CCNC(=O)C(=O)C(CCCC)NC(=O)[C@@H]1[C@@H]2[C@H](CN1C(=O)[C@@H](NC(=O)NC1CC3CCC1C3)C1CCCCC1)C2(C)C. The summed E-state index contributed by atoms with van der Waals surface area (Å²) in [5.74, 6) is -0.675. The van der Waals surface area contributed by atoms with Gasteiger partial charge in [0.05, 0.1) is 6.04 Å². The third-order valence-corrected chi connectivity index (χ3v) is 11.6. The number of amides is 5. The van der Waals surface area contributed by atoms with Crippen molar-refractivity contribution < 1.29 is 24.0 Å². The quantitative estimate of drug-likeness (QED) is 0.187. The van der Waals surface area contributed by atoms with Crippen LogP contribution in [0.4, 0.5) is 4.79 Å². The third-order valence-electron chi connectivity index (χ3n) is 11.6. The van der Waals surface area contributed by atoms with Gasteiger partial charge in [-0.1, -0.05) is 65.4 Å². The van der Waals surface area contributed by atoms with Crippen LogP contribution in [0.15, 0.2) is 12.7 Å². The highest BCUT2D eigenvalue weighted by Crippen LogP contribution is 2.65. The molecule has 2 bridgehead atoms. The summed E-state index contributed by atoms with van der Waals surface area (Å²) in [4.78, 5) is 69.0. The van der Waals surface area contributed by atoms with Crippen molar-refractivity contribution in [3.8, 4) is 0 Å². The Bertz CT molecular complexity index is 1130. The van der Waals surface area contributed by atoms with Crippen molar-refractivity contribution >= 4 is 29.5 Å². The van der Waals surface area contributed by atoms with Crippen LogP contribution in [0.5, 0.6) is 0 Å². The Morgan fingerprint density at radius 1 is 1.00 bits per heavy atom. The van der Waals surface area contributed by atoms with Gasteiger partial charge < -0.3 is 26.2 Å². The summed E-state index contributed by atoms with van der Waals surface area (Å²) < 4.78 is 0. The molecule has 4 N–H and O–H groups in total. The molecule has 10 nitrogen and oxygen atoms in total. The van der Waals surface area contributed by atoms with Crippen LogP contribution in [-0.4, -0.2) is 71.7 Å². The second-order valence-electron chi connectivity index (χ2n) is 14.7. The van der Waals surface area contributed by atoms with Gasteiger partial charge in [-0.3, -0.25) is 19.2 Å². The fourth-order valence-corrected chi connectivity index (χ4v) is 8.96. The summed E-state index contributed by atoms with van der Waals surface area (Å²) in [6.45, 7) is 10.4. The van der Waals surface area contributed by atoms with E-state index in [1.807, 2.05) is 6.92 Å². The number of rotatable bonds is 13. The lowest BCUT2D eigenvalue weighted by Crippen LogP contribution is -2.61. The molecule has 5 fully saturated rings. The second-order valence-corrected chi connectivity index (χ2v) is 14.7. The molecule has 0 aromatic heterocycles. The van der Waals surface area contributed by atoms with Crippen molar-refractivity contribution in [3.05, 3.63) is 12.7 Å². The average Bonchev–Trinajstić information content (AvgIpc) is 3.53. The van der Waals surface area contributed by atoms with E-state index >= 15 is 0 Å². The van der Waals surface area contributed by atoms with Gasteiger partial charge in [-0.15, -0.1) is 6.58 Å². The first-order valence-electron chi connectivity index (χ1n) is 17.2. The Labute approximate surface area is 262 Å². The number of ketones is 1. The van der Waals surface area contributed by atoms with Gasteiger partial charge in [-0.2, -0.15) is 0 Å². The zero-order valence-corrected chi connectivity index (χ0v) is 26.9. The molecule has 4 saturated carbocycles. The summed E-state index contributed by atoms with van der Waals surface area (Å²) in [6.07, 6.45) is 12.8. The summed E-state index contributed by atoms with van der Waals surface area (Å²) in [5, 5.41) is 11.7. The van der Waals surface area contributed by atoms with Crippen molar-refractivity contribution in [2.45, 2.75) is 122 Å². The summed E-state index contributed by atoms with van der Waals surface area (Å²) >= 11 is 0. The number of likely N-dealkylation sites (tertiary alicyclic amines) is 1. The van der Waals surface area contributed by atoms with Gasteiger partial charge in [0.15, 0.2) is 0 Å². The predicted octanol–water partition coefficient (Wildman–Crippen LogP) is 3.45. The number of fused-ring (bicyclic) bond motifs is 3. The normalized spacial score (nSPS) is 31.4. The average molecular weight is 612 g/mol. The number of piperidine rings is 1. The molecule has 5 aliphatic rings. The molecular formula is C34H53N5O5. The lowest BCUT2D eigenvalue weighted by molar-refractivity contribution is -0.144. The van der Waals surface area contributed by atoms with E-state index in [1.54, 1.807) is 4.90 Å². The molecule has 4 aliphatic carbocycles. The molecule has 4 unspecified atom stereocenters. The Kier molecular flexibility index (Phi) is 10.0. The molecule has 0 radical (unpaired) electrons. The number of hydrogen-bond donors (Lipinski definition) is 4. The van der Waals surface area contributed by atoms with E-state index in [4.69, 9.17) is 0 Å². The Hall–Kier alpha value is -2.91. The monoisotopic (exact) mass is 611 g/mol. The van der Waals surface area contributed by atoms with Crippen molar-refractivity contribution in [2.24, 2.45) is 35.0 Å². The molecule has 5 rings (SSSR count). The molecule has 0 aromatic rings. The molecule has 10 heteroatoms. The minimum absolute atomic E-state index is 0.0168. The molecule has 1 aliphatic heterocycles. The van der Waals surface area contributed by atoms with Crippen LogP contribution in [-0.2, 0) is 19.2 Å². The maximum Gasteiger partial charge on any atom is 0.315 e. The minimum Gasteiger partial charge on any atom is -0.346 e. The van der Waals surface area contributed by atoms with Crippen molar-refractivity contribution in [2.75, 3.05) is 13.1 Å². The Balaban J connectivity index is 1.32. The summed E-state index contributed by atoms with van der Waals surface area (Å²) in [6, 6.07) is -2.54. The first kappa shape index (κ1) is 32.5. The van der Waals surface area contributed by atoms with Gasteiger partial charge in [0, 0.05) is 19.1 Å². The molecule has 244 valence electrons. The van der Waals surface area contributed by atoms with Crippen LogP contribution < -0.4 is 21.3 Å². The van der Waals surface area contributed by atoms with Gasteiger partial charge in [-0.05, 0) is 73.5 Å². The molecule has 44 heavy (non-hydrogen) atoms. The smallest absolute Gasteiger partial charge is 0.315 e. The maximum absolute atomic E-state index is 14.4. The van der Waals surface area contributed by atoms with Gasteiger partial charge in [0.1, 0.15) is 12.1 Å². The number of carbonyl (C=O) groups is 5. The lowest BCUT2D eigenvalue weighted by Gasteiger charge is -2.37. The van der Waals surface area contributed by atoms with E-state index in [0.29, 0.717) is 31.2 Å². The van der Waals surface area contributed by atoms with E-state index in [2.05, 4.69) is 41.7 Å². The second kappa shape index (κ2) is 13.6. The maximum atomic E-state index is 14.4. The molecule has 1 heterocycles. The van der Waals surface area contributed by atoms with Crippen LogP contribution in [0, 0.1) is 35.0 Å². The molecule has 8 atom stereocenters. The summed E-state index contributed by atoms with van der Waals surface area (Å²) in [7, 11) is 0. The highest BCUT2D eigenvalue weighted by atomic mass is 16.2. The van der Waals surface area contributed by atoms with E-state index in [0.717, 1.165) is 51.4 Å². The Morgan fingerprint density at radius 2 is 1.75 bits per heavy atom. The van der Waals surface area contributed by atoms with Crippen molar-refractivity contribution in [3.63, 3.8) is 0 Å². The van der Waals surface area contributed by atoms with Gasteiger partial charge in [0.2, 0.25) is 17.6 Å². The van der Waals surface area contributed by atoms with E-state index in [-0.39, 0.29) is 47.7 Å². The Morgan fingerprint density at radius 3 is 2.39 bits per heavy atom. The number of urea groups is 1. The van der Waals surface area contributed by atoms with Crippen LogP contribution in [0.25, 0.3) is 0 Å². The van der Waals surface area contributed by atoms with E-state index < -0.39 is 35.7 Å². The van der Waals surface area contributed by atoms with E-state index in [1.165, 1.54) is 18.9 Å². The van der Waals surface area contributed by atoms with Crippen molar-refractivity contribution in [1.82, 2.24) is 26.2 Å². The fourth-order valence-electron chi connectivity index (χ4n) is 8.96. The first-order valence-corrected chi connectivity index (χ1v) is 17.2. The number of nitrogens with zero attached hydrogens (tertiary/aromatic N) is 1. The third kappa shape index (κ3) is 6.69. The largest absolute Gasteiger partial charge is 0.346 e. The van der Waals surface area contributed by atoms with Crippen LogP contribution in [0.1, 0.15) is 97.8 Å². The number of nitrogens with one attached hydrogen (secondary N) is 4. The highest BCUT2D eigenvalue weighted by molar-refractivity contribution is 6.38. The van der Waals surface area contributed by atoms with Gasteiger partial charge in [0.25, 0.3) is 5.91 Å². The van der Waals surface area contributed by atoms with Gasteiger partial charge in [-0.25, -0.2) is 4.79 Å². The van der Waals surface area contributed by atoms with E-state index in [9.17, 15) is 24.0 Å². The van der Waals surface area contributed by atoms with Crippen molar-refractivity contribution in [1.29, 1.82) is 0 Å². The molecule has 1 saturated heterocycles. The zero-order valence-electron chi connectivity index (χ0n) is 26.9. The first-order chi connectivity index (χ1) is 21.1. The highest BCUT2D eigenvalue weighted by Gasteiger charge is 2.69. The number of unbranched alkanes of at least 4 members (excludes halogenated alkanes) is 1. The number of Topliss-reactive ketones (excluding diaryl/α,β-unsaturated/α-hetero) is 1. The minimum atomic E-state index is -0.968.